The van der Waals surface area contributed by atoms with E-state index in [4.69, 9.17) is 11.6 Å². The third kappa shape index (κ3) is 4.31. The van der Waals surface area contributed by atoms with Crippen molar-refractivity contribution >= 4 is 23.0 Å². The van der Waals surface area contributed by atoms with Crippen LogP contribution < -0.4 is 21.5 Å². The van der Waals surface area contributed by atoms with Crippen LogP contribution in [0.15, 0.2) is 50.9 Å². The van der Waals surface area contributed by atoms with Crippen molar-refractivity contribution in [3.05, 3.63) is 74.4 Å². The Bertz CT molecular complexity index is 1290. The second-order valence-corrected chi connectivity index (χ2v) is 7.24. The van der Waals surface area contributed by atoms with Gasteiger partial charge in [0.1, 0.15) is 11.4 Å². The van der Waals surface area contributed by atoms with Gasteiger partial charge in [-0.15, -0.1) is 0 Å². The summed E-state index contributed by atoms with van der Waals surface area (Å²) in [5.74, 6) is -1.01. The lowest BCUT2D eigenvalue weighted by Gasteiger charge is -2.14. The Morgan fingerprint density at radius 3 is 2.29 bits per heavy atom. The minimum atomic E-state index is -3.74. The first-order valence-corrected chi connectivity index (χ1v) is 9.38. The fraction of sp³-hybridized carbons (Fsp3) is 0.211. The van der Waals surface area contributed by atoms with E-state index >= 15 is 0 Å². The number of nitrogens with one attached hydrogen (secondary N) is 2. The highest BCUT2D eigenvalue weighted by Crippen LogP contribution is 2.32. The summed E-state index contributed by atoms with van der Waals surface area (Å²) in [5, 5.41) is 5.62. The standard InChI is InChI=1S/C19H15ClF2N6O3/c1-28-8-12(25-9-28)7-24-14-13(15(29)16(14)30)23-6-10-2-4-11(5-3-10)17-26-18(31-27-17)19(20,21)22/h2-5,8-9,23-24H,6-7H2,1H3. The van der Waals surface area contributed by atoms with Crippen LogP contribution in [0, 0.1) is 0 Å². The zero-order chi connectivity index (χ0) is 22.2. The molecule has 2 aromatic carbocycles. The zero-order valence-electron chi connectivity index (χ0n) is 16.0. The van der Waals surface area contributed by atoms with E-state index in [1.165, 1.54) is 0 Å². The molecule has 0 spiro atoms. The molecule has 0 unspecified atom stereocenters. The fourth-order valence-electron chi connectivity index (χ4n) is 2.88. The SMILES string of the molecule is Cn1cnc(CNc2c(NCc3ccc(-c4noc(C(F)(F)Cl)n4)cc3)c(=O)c2=O)c1. The van der Waals surface area contributed by atoms with E-state index in [0.29, 0.717) is 12.1 Å². The molecule has 0 saturated heterocycles. The molecule has 12 heteroatoms. The molecule has 2 N–H and O–H groups in total. The molecule has 2 heterocycles. The third-order valence-corrected chi connectivity index (χ3v) is 4.63. The molecule has 0 fully saturated rings. The number of hydrogen-bond acceptors (Lipinski definition) is 8. The number of aromatic nitrogens is 4. The first-order chi connectivity index (χ1) is 14.7. The van der Waals surface area contributed by atoms with Crippen molar-refractivity contribution in [2.45, 2.75) is 18.5 Å². The highest BCUT2D eigenvalue weighted by atomic mass is 35.5. The van der Waals surface area contributed by atoms with Gasteiger partial charge in [0.2, 0.25) is 5.82 Å². The van der Waals surface area contributed by atoms with E-state index in [1.54, 1.807) is 41.4 Å². The molecular weight excluding hydrogens is 434 g/mol. The Kier molecular flexibility index (Phi) is 5.27. The monoisotopic (exact) mass is 448 g/mol. The zero-order valence-corrected chi connectivity index (χ0v) is 16.8. The summed E-state index contributed by atoms with van der Waals surface area (Å²) < 4.78 is 32.2. The quantitative estimate of drug-likeness (QED) is 0.312. The molecule has 9 nitrogen and oxygen atoms in total. The largest absolute Gasteiger partial charge is 0.400 e. The minimum absolute atomic E-state index is 0.0293. The van der Waals surface area contributed by atoms with Crippen LogP contribution in [0.25, 0.3) is 11.4 Å². The summed E-state index contributed by atoms with van der Waals surface area (Å²) in [6, 6.07) is 6.62. The van der Waals surface area contributed by atoms with Crippen molar-refractivity contribution in [1.82, 2.24) is 19.7 Å². The molecule has 0 radical (unpaired) electrons. The molecule has 0 aliphatic rings. The van der Waals surface area contributed by atoms with Gasteiger partial charge < -0.3 is 19.7 Å². The minimum Gasteiger partial charge on any atom is -0.376 e. The summed E-state index contributed by atoms with van der Waals surface area (Å²) in [6.07, 6.45) is 3.44. The number of benzene rings is 1. The lowest BCUT2D eigenvalue weighted by Crippen LogP contribution is -2.37. The Balaban J connectivity index is 1.40. The Morgan fingerprint density at radius 1 is 1.10 bits per heavy atom. The number of halogens is 3. The number of hydrogen-bond donors (Lipinski definition) is 2. The number of alkyl halides is 3. The smallest absolute Gasteiger partial charge is 0.376 e. The van der Waals surface area contributed by atoms with Crippen LogP contribution in [0.1, 0.15) is 17.1 Å². The number of imidazole rings is 1. The summed E-state index contributed by atoms with van der Waals surface area (Å²) in [7, 11) is 1.83. The van der Waals surface area contributed by atoms with Crippen molar-refractivity contribution in [3.8, 4) is 11.4 Å². The number of aryl methyl sites for hydroxylation is 1. The number of rotatable bonds is 8. The normalized spacial score (nSPS) is 11.7. The van der Waals surface area contributed by atoms with Crippen molar-refractivity contribution in [3.63, 3.8) is 0 Å². The molecule has 0 amide bonds. The third-order valence-electron chi connectivity index (χ3n) is 4.46. The molecule has 0 atom stereocenters. The Labute approximate surface area is 178 Å². The van der Waals surface area contributed by atoms with E-state index in [0.717, 1.165) is 11.3 Å². The van der Waals surface area contributed by atoms with Gasteiger partial charge in [0.05, 0.1) is 18.6 Å². The lowest BCUT2D eigenvalue weighted by atomic mass is 10.1. The molecular formula is C19H15ClF2N6O3. The molecule has 2 aromatic heterocycles. The Morgan fingerprint density at radius 2 is 1.74 bits per heavy atom. The van der Waals surface area contributed by atoms with Crippen LogP contribution in [0.2, 0.25) is 0 Å². The van der Waals surface area contributed by atoms with E-state index in [-0.39, 0.29) is 23.7 Å². The van der Waals surface area contributed by atoms with Crippen LogP contribution in [0.4, 0.5) is 20.2 Å². The van der Waals surface area contributed by atoms with Gasteiger partial charge in [-0.2, -0.15) is 13.8 Å². The van der Waals surface area contributed by atoms with Gasteiger partial charge in [0.15, 0.2) is 0 Å². The van der Waals surface area contributed by atoms with Gasteiger partial charge in [-0.1, -0.05) is 29.4 Å². The van der Waals surface area contributed by atoms with E-state index in [9.17, 15) is 18.4 Å². The van der Waals surface area contributed by atoms with Gasteiger partial charge in [-0.05, 0) is 17.2 Å². The van der Waals surface area contributed by atoms with Gasteiger partial charge >= 0.3 is 11.3 Å². The van der Waals surface area contributed by atoms with Gasteiger partial charge in [0.25, 0.3) is 10.9 Å². The van der Waals surface area contributed by atoms with Gasteiger partial charge in [-0.3, -0.25) is 9.59 Å². The van der Waals surface area contributed by atoms with Gasteiger partial charge in [-0.25, -0.2) is 4.98 Å². The maximum atomic E-state index is 13.0. The fourth-order valence-corrected chi connectivity index (χ4v) is 2.96. The average molecular weight is 449 g/mol. The molecule has 0 bridgehead atoms. The summed E-state index contributed by atoms with van der Waals surface area (Å²) in [6.45, 7) is 0.573. The van der Waals surface area contributed by atoms with E-state index in [1.807, 2.05) is 7.05 Å². The summed E-state index contributed by atoms with van der Waals surface area (Å²) in [4.78, 5) is 31.5. The van der Waals surface area contributed by atoms with Crippen molar-refractivity contribution in [1.29, 1.82) is 0 Å². The Hall–Kier alpha value is -3.60. The van der Waals surface area contributed by atoms with Gasteiger partial charge in [0, 0.05) is 25.4 Å². The predicted octanol–water partition coefficient (Wildman–Crippen LogP) is 2.58. The number of anilines is 2. The van der Waals surface area contributed by atoms with E-state index < -0.39 is 22.1 Å². The molecule has 160 valence electrons. The van der Waals surface area contributed by atoms with E-state index in [2.05, 4.69) is 30.3 Å². The van der Waals surface area contributed by atoms with Crippen molar-refractivity contribution in [2.24, 2.45) is 7.05 Å². The van der Waals surface area contributed by atoms with Crippen LogP contribution in [0.5, 0.6) is 0 Å². The van der Waals surface area contributed by atoms with Crippen LogP contribution in [-0.4, -0.2) is 19.7 Å². The first kappa shape index (κ1) is 20.7. The van der Waals surface area contributed by atoms with Crippen molar-refractivity contribution < 1.29 is 13.3 Å². The van der Waals surface area contributed by atoms with Crippen LogP contribution in [-0.2, 0) is 25.5 Å². The van der Waals surface area contributed by atoms with Crippen LogP contribution in [0.3, 0.4) is 0 Å². The first-order valence-electron chi connectivity index (χ1n) is 9.00. The summed E-state index contributed by atoms with van der Waals surface area (Å²) in [5.41, 5.74) is 1.20. The topological polar surface area (TPSA) is 115 Å². The highest BCUT2D eigenvalue weighted by molar-refractivity contribution is 6.21. The van der Waals surface area contributed by atoms with Crippen molar-refractivity contribution in [2.75, 3.05) is 10.6 Å². The number of nitrogens with zero attached hydrogens (tertiary/aromatic N) is 4. The molecule has 0 aliphatic carbocycles. The van der Waals surface area contributed by atoms with Crippen LogP contribution >= 0.6 is 11.6 Å². The maximum Gasteiger partial charge on any atom is 0.400 e. The maximum absolute atomic E-state index is 13.0. The second-order valence-electron chi connectivity index (χ2n) is 6.76. The molecule has 0 saturated carbocycles. The summed E-state index contributed by atoms with van der Waals surface area (Å²) >= 11 is 4.86. The highest BCUT2D eigenvalue weighted by Gasteiger charge is 2.35. The molecule has 4 rings (SSSR count). The molecule has 31 heavy (non-hydrogen) atoms. The second kappa shape index (κ2) is 7.91. The average Bonchev–Trinajstić information content (AvgIpc) is 3.39. The molecule has 0 aliphatic heterocycles. The lowest BCUT2D eigenvalue weighted by molar-refractivity contribution is 0.0551. The molecule has 4 aromatic rings. The predicted molar refractivity (Wildman–Crippen MR) is 109 cm³/mol.